The average molecular weight is 393 g/mol. The van der Waals surface area contributed by atoms with Crippen LogP contribution in [0.2, 0.25) is 5.02 Å². The lowest BCUT2D eigenvalue weighted by Gasteiger charge is -2.09. The minimum Gasteiger partial charge on any atom is -0.321 e. The van der Waals surface area contributed by atoms with Crippen molar-refractivity contribution in [1.82, 2.24) is 0 Å². The van der Waals surface area contributed by atoms with Gasteiger partial charge in [0, 0.05) is 11.6 Å². The van der Waals surface area contributed by atoms with Gasteiger partial charge in [-0.15, -0.1) is 11.8 Å². The molecule has 0 aliphatic carbocycles. The van der Waals surface area contributed by atoms with Gasteiger partial charge < -0.3 is 5.32 Å². The molecule has 0 spiro atoms. The number of nitrogens with one attached hydrogen (secondary N) is 1. The van der Waals surface area contributed by atoms with Gasteiger partial charge in [-0.3, -0.25) is 14.9 Å². The molecule has 0 heterocycles. The number of amides is 1. The molecule has 26 heavy (non-hydrogen) atoms. The smallest absolute Gasteiger partial charge is 0.283 e. The first-order chi connectivity index (χ1) is 12.3. The van der Waals surface area contributed by atoms with Crippen molar-refractivity contribution in [2.75, 3.05) is 11.1 Å². The number of aryl methyl sites for hydroxylation is 1. The third kappa shape index (κ3) is 5.47. The molecule has 1 N–H and O–H groups in total. The predicted octanol–water partition coefficient (Wildman–Crippen LogP) is 5.95. The summed E-state index contributed by atoms with van der Waals surface area (Å²) >= 11 is 7.56. The van der Waals surface area contributed by atoms with Gasteiger partial charge in [-0.05, 0) is 54.8 Å². The van der Waals surface area contributed by atoms with Crippen molar-refractivity contribution in [2.24, 2.45) is 5.92 Å². The van der Waals surface area contributed by atoms with Crippen LogP contribution < -0.4 is 5.32 Å². The van der Waals surface area contributed by atoms with Gasteiger partial charge in [-0.25, -0.2) is 0 Å². The fourth-order valence-electron chi connectivity index (χ4n) is 2.24. The standard InChI is InChI=1S/C19H21ClN2O3S/c1-12(2)8-9-26-18-7-5-14(11-17(18)22(24)25)19(23)21-16-6-4-13(3)10-15(16)20/h4-7,10-12H,8-9H2,1-3H3,(H,21,23). The largest absolute Gasteiger partial charge is 0.321 e. The molecule has 1 amide bonds. The molecule has 0 bridgehead atoms. The summed E-state index contributed by atoms with van der Waals surface area (Å²) in [5.41, 5.74) is 1.62. The highest BCUT2D eigenvalue weighted by Gasteiger charge is 2.18. The van der Waals surface area contributed by atoms with Crippen molar-refractivity contribution in [3.8, 4) is 0 Å². The number of nitrogens with zero attached hydrogens (tertiary/aromatic N) is 1. The SMILES string of the molecule is Cc1ccc(NC(=O)c2ccc(SCCC(C)C)c([N+](=O)[O-])c2)c(Cl)c1. The summed E-state index contributed by atoms with van der Waals surface area (Å²) in [7, 11) is 0. The van der Waals surface area contributed by atoms with Crippen molar-refractivity contribution in [1.29, 1.82) is 0 Å². The van der Waals surface area contributed by atoms with Gasteiger partial charge in [0.05, 0.1) is 20.5 Å². The number of hydrogen-bond donors (Lipinski definition) is 1. The van der Waals surface area contributed by atoms with Crippen LogP contribution in [0.15, 0.2) is 41.3 Å². The molecule has 7 heteroatoms. The van der Waals surface area contributed by atoms with Crippen LogP contribution in [0.5, 0.6) is 0 Å². The lowest BCUT2D eigenvalue weighted by molar-refractivity contribution is -0.387. The summed E-state index contributed by atoms with van der Waals surface area (Å²) in [6, 6.07) is 9.83. The lowest BCUT2D eigenvalue weighted by atomic mass is 10.1. The van der Waals surface area contributed by atoms with E-state index in [0.717, 1.165) is 17.7 Å². The molecule has 0 atom stereocenters. The fourth-order valence-corrected chi connectivity index (χ4v) is 3.78. The minimum atomic E-state index is -0.451. The molecule has 0 saturated carbocycles. The van der Waals surface area contributed by atoms with E-state index in [9.17, 15) is 14.9 Å². The third-order valence-corrected chi connectivity index (χ3v) is 5.15. The van der Waals surface area contributed by atoms with Crippen LogP contribution in [0, 0.1) is 23.0 Å². The van der Waals surface area contributed by atoms with E-state index in [2.05, 4.69) is 19.2 Å². The van der Waals surface area contributed by atoms with E-state index in [4.69, 9.17) is 11.6 Å². The van der Waals surface area contributed by atoms with Crippen LogP contribution in [0.4, 0.5) is 11.4 Å². The van der Waals surface area contributed by atoms with Gasteiger partial charge in [0.15, 0.2) is 0 Å². The lowest BCUT2D eigenvalue weighted by Crippen LogP contribution is -2.12. The Morgan fingerprint density at radius 1 is 1.27 bits per heavy atom. The summed E-state index contributed by atoms with van der Waals surface area (Å²) in [6.45, 7) is 6.12. The van der Waals surface area contributed by atoms with Crippen LogP contribution in [0.25, 0.3) is 0 Å². The zero-order valence-corrected chi connectivity index (χ0v) is 16.5. The zero-order chi connectivity index (χ0) is 19.3. The first kappa shape index (κ1) is 20.3. The molecular formula is C19H21ClN2O3S. The Labute approximate surface area is 162 Å². The maximum absolute atomic E-state index is 12.4. The van der Waals surface area contributed by atoms with E-state index in [1.165, 1.54) is 17.8 Å². The summed E-state index contributed by atoms with van der Waals surface area (Å²) < 4.78 is 0. The monoisotopic (exact) mass is 392 g/mol. The van der Waals surface area contributed by atoms with E-state index in [1.807, 2.05) is 13.0 Å². The number of rotatable bonds is 7. The molecule has 0 aliphatic heterocycles. The summed E-state index contributed by atoms with van der Waals surface area (Å²) in [5.74, 6) is 0.895. The van der Waals surface area contributed by atoms with Crippen molar-refractivity contribution in [3.05, 3.63) is 62.7 Å². The summed E-state index contributed by atoms with van der Waals surface area (Å²) in [5, 5.41) is 14.5. The number of benzene rings is 2. The van der Waals surface area contributed by atoms with Crippen LogP contribution in [0.1, 0.15) is 36.2 Å². The van der Waals surface area contributed by atoms with E-state index in [0.29, 0.717) is 21.5 Å². The van der Waals surface area contributed by atoms with E-state index in [-0.39, 0.29) is 11.3 Å². The zero-order valence-electron chi connectivity index (χ0n) is 14.9. The van der Waals surface area contributed by atoms with Crippen LogP contribution >= 0.6 is 23.4 Å². The second-order valence-corrected chi connectivity index (χ2v) is 7.95. The Bertz CT molecular complexity index is 824. The van der Waals surface area contributed by atoms with Crippen molar-refractivity contribution >= 4 is 40.6 Å². The topological polar surface area (TPSA) is 72.2 Å². The molecule has 2 aromatic carbocycles. The summed E-state index contributed by atoms with van der Waals surface area (Å²) in [6.07, 6.45) is 0.968. The highest BCUT2D eigenvalue weighted by atomic mass is 35.5. The van der Waals surface area contributed by atoms with Gasteiger partial charge in [-0.2, -0.15) is 0 Å². The third-order valence-electron chi connectivity index (χ3n) is 3.74. The number of carbonyl (C=O) groups excluding carboxylic acids is 1. The quantitative estimate of drug-likeness (QED) is 0.359. The van der Waals surface area contributed by atoms with Crippen molar-refractivity contribution in [2.45, 2.75) is 32.1 Å². The van der Waals surface area contributed by atoms with Gasteiger partial charge >= 0.3 is 0 Å². The van der Waals surface area contributed by atoms with Gasteiger partial charge in [0.25, 0.3) is 11.6 Å². The Morgan fingerprint density at radius 3 is 2.62 bits per heavy atom. The Kier molecular flexibility index (Phi) is 7.06. The first-order valence-electron chi connectivity index (χ1n) is 8.26. The molecule has 0 unspecified atom stereocenters. The minimum absolute atomic E-state index is 0.0543. The Hall–Kier alpha value is -2.05. The van der Waals surface area contributed by atoms with Crippen LogP contribution in [-0.2, 0) is 0 Å². The highest BCUT2D eigenvalue weighted by Crippen LogP contribution is 2.31. The normalized spacial score (nSPS) is 10.8. The number of anilines is 1. The maximum Gasteiger partial charge on any atom is 0.283 e. The van der Waals surface area contributed by atoms with E-state index < -0.39 is 10.8 Å². The van der Waals surface area contributed by atoms with Crippen LogP contribution in [-0.4, -0.2) is 16.6 Å². The Balaban J connectivity index is 2.19. The molecular weight excluding hydrogens is 372 g/mol. The van der Waals surface area contributed by atoms with Crippen molar-refractivity contribution in [3.63, 3.8) is 0 Å². The highest BCUT2D eigenvalue weighted by molar-refractivity contribution is 7.99. The second kappa shape index (κ2) is 9.05. The van der Waals surface area contributed by atoms with Gasteiger partial charge in [-0.1, -0.05) is 31.5 Å². The van der Waals surface area contributed by atoms with Gasteiger partial charge in [0.2, 0.25) is 0 Å². The predicted molar refractivity (Wildman–Crippen MR) is 107 cm³/mol. The second-order valence-electron chi connectivity index (χ2n) is 6.41. The van der Waals surface area contributed by atoms with E-state index >= 15 is 0 Å². The fraction of sp³-hybridized carbons (Fsp3) is 0.316. The Morgan fingerprint density at radius 2 is 2.00 bits per heavy atom. The first-order valence-corrected chi connectivity index (χ1v) is 9.63. The number of carbonyl (C=O) groups is 1. The molecule has 0 aliphatic rings. The van der Waals surface area contributed by atoms with Crippen LogP contribution in [0.3, 0.4) is 0 Å². The van der Waals surface area contributed by atoms with Crippen molar-refractivity contribution < 1.29 is 9.72 Å². The molecule has 0 aromatic heterocycles. The number of nitro groups is 1. The number of thioether (sulfide) groups is 1. The number of halogens is 1. The number of nitro benzene ring substituents is 1. The molecule has 2 rings (SSSR count). The molecule has 0 radical (unpaired) electrons. The molecule has 2 aromatic rings. The molecule has 0 saturated heterocycles. The maximum atomic E-state index is 12.4. The molecule has 5 nitrogen and oxygen atoms in total. The molecule has 0 fully saturated rings. The van der Waals surface area contributed by atoms with E-state index in [1.54, 1.807) is 24.3 Å². The molecule has 138 valence electrons. The summed E-state index contributed by atoms with van der Waals surface area (Å²) in [4.78, 5) is 23.9. The average Bonchev–Trinajstić information content (AvgIpc) is 2.57. The number of hydrogen-bond acceptors (Lipinski definition) is 4. The van der Waals surface area contributed by atoms with Gasteiger partial charge in [0.1, 0.15) is 0 Å².